The topological polar surface area (TPSA) is 58.2 Å². The monoisotopic (exact) mass is 270 g/mol. The molecule has 0 aliphatic rings. The Morgan fingerprint density at radius 3 is 2.75 bits per heavy atom. The van der Waals surface area contributed by atoms with E-state index in [0.717, 1.165) is 24.5 Å². The van der Waals surface area contributed by atoms with E-state index in [1.54, 1.807) is 6.26 Å². The lowest BCUT2D eigenvalue weighted by molar-refractivity contribution is 0.368. The molecule has 0 spiro atoms. The number of rotatable bonds is 7. The van der Waals surface area contributed by atoms with Crippen molar-refractivity contribution in [3.8, 4) is 11.8 Å². The Morgan fingerprint density at radius 2 is 2.10 bits per heavy atom. The van der Waals surface area contributed by atoms with Gasteiger partial charge in [0, 0.05) is 19.0 Å². The summed E-state index contributed by atoms with van der Waals surface area (Å²) < 4.78 is 10.5. The Kier molecular flexibility index (Phi) is 5.22. The van der Waals surface area contributed by atoms with E-state index in [4.69, 9.17) is 14.4 Å². The highest BCUT2D eigenvalue weighted by Crippen LogP contribution is 2.17. The molecule has 0 aliphatic carbocycles. The highest BCUT2D eigenvalue weighted by molar-refractivity contribution is 5.29. The Morgan fingerprint density at radius 1 is 1.30 bits per heavy atom. The Balaban J connectivity index is 1.79. The summed E-state index contributed by atoms with van der Waals surface area (Å²) in [6.07, 6.45) is 2.57. The SMILES string of the molecule is CC(NCCc1ccco1)c1ccc(OCC#N)cc1. The molecule has 4 heteroatoms. The largest absolute Gasteiger partial charge is 0.479 e. The van der Waals surface area contributed by atoms with Crippen LogP contribution in [0.15, 0.2) is 47.1 Å². The molecule has 0 fully saturated rings. The van der Waals surface area contributed by atoms with Gasteiger partial charge in [-0.15, -0.1) is 0 Å². The minimum atomic E-state index is 0.0797. The Bertz CT molecular complexity index is 541. The van der Waals surface area contributed by atoms with Crippen molar-refractivity contribution >= 4 is 0 Å². The first-order valence-electron chi connectivity index (χ1n) is 6.65. The first-order valence-corrected chi connectivity index (χ1v) is 6.65. The van der Waals surface area contributed by atoms with E-state index < -0.39 is 0 Å². The fourth-order valence-electron chi connectivity index (χ4n) is 1.95. The molecule has 2 rings (SSSR count). The Labute approximate surface area is 119 Å². The van der Waals surface area contributed by atoms with Crippen LogP contribution in [0.3, 0.4) is 0 Å². The zero-order valence-corrected chi connectivity index (χ0v) is 11.5. The van der Waals surface area contributed by atoms with Crippen molar-refractivity contribution in [2.45, 2.75) is 19.4 Å². The van der Waals surface area contributed by atoms with Crippen molar-refractivity contribution in [3.05, 3.63) is 54.0 Å². The number of hydrogen-bond acceptors (Lipinski definition) is 4. The molecule has 4 nitrogen and oxygen atoms in total. The van der Waals surface area contributed by atoms with Gasteiger partial charge in [-0.3, -0.25) is 0 Å². The van der Waals surface area contributed by atoms with Gasteiger partial charge in [-0.25, -0.2) is 0 Å². The Hall–Kier alpha value is -2.25. The van der Waals surface area contributed by atoms with Gasteiger partial charge < -0.3 is 14.5 Å². The van der Waals surface area contributed by atoms with Gasteiger partial charge in [-0.2, -0.15) is 5.26 Å². The molecule has 0 bridgehead atoms. The number of nitrogens with one attached hydrogen (secondary N) is 1. The molecule has 1 atom stereocenters. The van der Waals surface area contributed by atoms with Gasteiger partial charge in [-0.05, 0) is 36.8 Å². The average Bonchev–Trinajstić information content (AvgIpc) is 2.99. The van der Waals surface area contributed by atoms with Crippen LogP contribution < -0.4 is 10.1 Å². The summed E-state index contributed by atoms with van der Waals surface area (Å²) in [6.45, 7) is 3.06. The normalized spacial score (nSPS) is 11.8. The molecule has 0 aliphatic heterocycles. The number of furan rings is 1. The second-order valence-corrected chi connectivity index (χ2v) is 4.52. The number of nitrogens with zero attached hydrogens (tertiary/aromatic N) is 1. The lowest BCUT2D eigenvalue weighted by Gasteiger charge is -2.14. The molecule has 1 aromatic carbocycles. The van der Waals surface area contributed by atoms with Gasteiger partial charge in [0.2, 0.25) is 0 Å². The van der Waals surface area contributed by atoms with E-state index in [-0.39, 0.29) is 12.6 Å². The van der Waals surface area contributed by atoms with E-state index in [2.05, 4.69) is 12.2 Å². The molecule has 2 aromatic rings. The quantitative estimate of drug-likeness (QED) is 0.840. The molecular formula is C16H18N2O2. The van der Waals surface area contributed by atoms with Gasteiger partial charge in [0.05, 0.1) is 6.26 Å². The molecule has 0 saturated carbocycles. The summed E-state index contributed by atoms with van der Waals surface area (Å²) in [5.74, 6) is 1.71. The summed E-state index contributed by atoms with van der Waals surface area (Å²) in [4.78, 5) is 0. The number of hydrogen-bond donors (Lipinski definition) is 1. The summed E-state index contributed by atoms with van der Waals surface area (Å²) in [5, 5.41) is 11.9. The minimum absolute atomic E-state index is 0.0797. The van der Waals surface area contributed by atoms with Crippen molar-refractivity contribution in [1.29, 1.82) is 5.26 Å². The van der Waals surface area contributed by atoms with Crippen molar-refractivity contribution < 1.29 is 9.15 Å². The third kappa shape index (κ3) is 4.15. The zero-order chi connectivity index (χ0) is 14.2. The second-order valence-electron chi connectivity index (χ2n) is 4.52. The molecular weight excluding hydrogens is 252 g/mol. The molecule has 20 heavy (non-hydrogen) atoms. The van der Waals surface area contributed by atoms with Crippen LogP contribution in [0.25, 0.3) is 0 Å². The summed E-state index contributed by atoms with van der Waals surface area (Å²) in [5.41, 5.74) is 1.19. The maximum atomic E-state index is 8.45. The number of nitriles is 1. The van der Waals surface area contributed by atoms with E-state index in [1.807, 2.05) is 42.5 Å². The maximum absolute atomic E-state index is 8.45. The fourth-order valence-corrected chi connectivity index (χ4v) is 1.95. The highest BCUT2D eigenvalue weighted by atomic mass is 16.5. The highest BCUT2D eigenvalue weighted by Gasteiger charge is 2.05. The van der Waals surface area contributed by atoms with Crippen LogP contribution in [-0.4, -0.2) is 13.2 Å². The van der Waals surface area contributed by atoms with Crippen LogP contribution >= 0.6 is 0 Å². The van der Waals surface area contributed by atoms with E-state index >= 15 is 0 Å². The van der Waals surface area contributed by atoms with Crippen LogP contribution in [0.2, 0.25) is 0 Å². The standard InChI is InChI=1S/C16H18N2O2/c1-13(18-10-8-15-3-2-11-19-15)14-4-6-16(7-5-14)20-12-9-17/h2-7,11,13,18H,8,10,12H2,1H3. The molecule has 1 unspecified atom stereocenters. The van der Waals surface area contributed by atoms with Gasteiger partial charge >= 0.3 is 0 Å². The summed E-state index contributed by atoms with van der Waals surface area (Å²) >= 11 is 0. The predicted octanol–water partition coefficient (Wildman–Crippen LogP) is 3.08. The van der Waals surface area contributed by atoms with Gasteiger partial charge in [0.25, 0.3) is 0 Å². The number of benzene rings is 1. The van der Waals surface area contributed by atoms with Crippen LogP contribution in [0.4, 0.5) is 0 Å². The average molecular weight is 270 g/mol. The van der Waals surface area contributed by atoms with Gasteiger partial charge in [-0.1, -0.05) is 12.1 Å². The zero-order valence-electron chi connectivity index (χ0n) is 11.5. The molecule has 1 N–H and O–H groups in total. The first-order chi connectivity index (χ1) is 9.79. The smallest absolute Gasteiger partial charge is 0.174 e. The third-order valence-electron chi connectivity index (χ3n) is 3.09. The van der Waals surface area contributed by atoms with Crippen molar-refractivity contribution in [2.24, 2.45) is 0 Å². The summed E-state index contributed by atoms with van der Waals surface area (Å²) in [6, 6.07) is 13.9. The van der Waals surface area contributed by atoms with Crippen molar-refractivity contribution in [1.82, 2.24) is 5.32 Å². The first kappa shape index (κ1) is 14.2. The van der Waals surface area contributed by atoms with Crippen LogP contribution in [0.1, 0.15) is 24.3 Å². The fraction of sp³-hybridized carbons (Fsp3) is 0.312. The van der Waals surface area contributed by atoms with Crippen LogP contribution in [0, 0.1) is 11.3 Å². The minimum Gasteiger partial charge on any atom is -0.479 e. The number of ether oxygens (including phenoxy) is 1. The molecule has 0 amide bonds. The lowest BCUT2D eigenvalue weighted by Crippen LogP contribution is -2.21. The van der Waals surface area contributed by atoms with Crippen molar-refractivity contribution in [2.75, 3.05) is 13.2 Å². The summed E-state index contributed by atoms with van der Waals surface area (Å²) in [7, 11) is 0. The van der Waals surface area contributed by atoms with E-state index in [1.165, 1.54) is 5.56 Å². The molecule has 1 aromatic heterocycles. The van der Waals surface area contributed by atoms with Crippen molar-refractivity contribution in [3.63, 3.8) is 0 Å². The van der Waals surface area contributed by atoms with Crippen LogP contribution in [-0.2, 0) is 6.42 Å². The van der Waals surface area contributed by atoms with E-state index in [0.29, 0.717) is 0 Å². The molecule has 0 saturated heterocycles. The molecule has 0 radical (unpaired) electrons. The maximum Gasteiger partial charge on any atom is 0.174 e. The lowest BCUT2D eigenvalue weighted by atomic mass is 10.1. The second kappa shape index (κ2) is 7.37. The van der Waals surface area contributed by atoms with Gasteiger partial charge in [0.1, 0.15) is 17.6 Å². The van der Waals surface area contributed by atoms with Gasteiger partial charge in [0.15, 0.2) is 6.61 Å². The third-order valence-corrected chi connectivity index (χ3v) is 3.09. The molecule has 1 heterocycles. The molecule has 104 valence electrons. The van der Waals surface area contributed by atoms with E-state index in [9.17, 15) is 0 Å². The predicted molar refractivity (Wildman–Crippen MR) is 76.4 cm³/mol. The van der Waals surface area contributed by atoms with Crippen LogP contribution in [0.5, 0.6) is 5.75 Å².